The van der Waals surface area contributed by atoms with E-state index in [9.17, 15) is 14.9 Å². The molecule has 0 aliphatic carbocycles. The molecule has 0 aliphatic rings. The average Bonchev–Trinajstić information content (AvgIpc) is 2.74. The third-order valence-electron chi connectivity index (χ3n) is 2.50. The van der Waals surface area contributed by atoms with E-state index >= 15 is 0 Å². The minimum absolute atomic E-state index is 0.0307. The van der Waals surface area contributed by atoms with Crippen LogP contribution in [-0.2, 0) is 7.05 Å². The minimum atomic E-state index is -0.496. The predicted molar refractivity (Wildman–Crippen MR) is 64.6 cm³/mol. The van der Waals surface area contributed by atoms with Gasteiger partial charge in [0.25, 0.3) is 11.6 Å². The second kappa shape index (κ2) is 4.80. The number of amides is 1. The molecule has 98 valence electrons. The van der Waals surface area contributed by atoms with Crippen LogP contribution in [0.3, 0.4) is 0 Å². The van der Waals surface area contributed by atoms with Crippen LogP contribution in [0.25, 0.3) is 0 Å². The number of aromatic nitrogens is 4. The van der Waals surface area contributed by atoms with Crippen molar-refractivity contribution in [2.75, 3.05) is 5.32 Å². The van der Waals surface area contributed by atoms with E-state index in [1.807, 2.05) is 0 Å². The fourth-order valence-electron chi connectivity index (χ4n) is 1.51. The number of nitrogens with one attached hydrogen (secondary N) is 1. The SMILES string of the molecule is Cc1cc(C(=O)Nc2nnnn2C)ccc1[N+](=O)[O-]. The summed E-state index contributed by atoms with van der Waals surface area (Å²) >= 11 is 0. The molecule has 1 N–H and O–H groups in total. The maximum Gasteiger partial charge on any atom is 0.272 e. The topological polar surface area (TPSA) is 116 Å². The summed E-state index contributed by atoms with van der Waals surface area (Å²) in [6.07, 6.45) is 0. The second-order valence-electron chi connectivity index (χ2n) is 3.84. The minimum Gasteiger partial charge on any atom is -0.289 e. The summed E-state index contributed by atoms with van der Waals surface area (Å²) in [5.41, 5.74) is 0.678. The lowest BCUT2D eigenvalue weighted by molar-refractivity contribution is -0.385. The molecule has 0 atom stereocenters. The molecule has 0 saturated heterocycles. The third-order valence-corrected chi connectivity index (χ3v) is 2.50. The molecule has 0 saturated carbocycles. The van der Waals surface area contributed by atoms with Gasteiger partial charge in [-0.15, -0.1) is 0 Å². The molecular weight excluding hydrogens is 252 g/mol. The molecule has 0 spiro atoms. The van der Waals surface area contributed by atoms with Gasteiger partial charge in [0.05, 0.1) is 4.92 Å². The van der Waals surface area contributed by atoms with E-state index in [2.05, 4.69) is 20.8 Å². The largest absolute Gasteiger partial charge is 0.289 e. The van der Waals surface area contributed by atoms with Crippen LogP contribution in [0, 0.1) is 17.0 Å². The zero-order chi connectivity index (χ0) is 14.0. The van der Waals surface area contributed by atoms with Crippen LogP contribution >= 0.6 is 0 Å². The highest BCUT2D eigenvalue weighted by Gasteiger charge is 2.15. The number of tetrazole rings is 1. The van der Waals surface area contributed by atoms with E-state index in [-0.39, 0.29) is 11.6 Å². The van der Waals surface area contributed by atoms with E-state index in [1.165, 1.54) is 22.9 Å². The van der Waals surface area contributed by atoms with Crippen molar-refractivity contribution in [1.29, 1.82) is 0 Å². The van der Waals surface area contributed by atoms with Gasteiger partial charge in [0.1, 0.15) is 0 Å². The molecule has 1 amide bonds. The first-order valence-corrected chi connectivity index (χ1v) is 5.28. The number of carbonyl (C=O) groups excluding carboxylic acids is 1. The number of rotatable bonds is 3. The van der Waals surface area contributed by atoms with Gasteiger partial charge in [-0.1, -0.05) is 5.10 Å². The highest BCUT2D eigenvalue weighted by Crippen LogP contribution is 2.19. The van der Waals surface area contributed by atoms with Crippen molar-refractivity contribution in [3.05, 3.63) is 39.4 Å². The highest BCUT2D eigenvalue weighted by atomic mass is 16.6. The van der Waals surface area contributed by atoms with E-state index < -0.39 is 10.8 Å². The number of hydrogen-bond acceptors (Lipinski definition) is 6. The van der Waals surface area contributed by atoms with Crippen molar-refractivity contribution in [3.63, 3.8) is 0 Å². The first kappa shape index (κ1) is 12.6. The fraction of sp³-hybridized carbons (Fsp3) is 0.200. The van der Waals surface area contributed by atoms with Gasteiger partial charge in [0, 0.05) is 24.2 Å². The van der Waals surface area contributed by atoms with Crippen molar-refractivity contribution in [2.45, 2.75) is 6.92 Å². The first-order chi connectivity index (χ1) is 8.99. The molecule has 19 heavy (non-hydrogen) atoms. The van der Waals surface area contributed by atoms with Crippen LogP contribution in [0.5, 0.6) is 0 Å². The zero-order valence-electron chi connectivity index (χ0n) is 10.2. The van der Waals surface area contributed by atoms with Crippen molar-refractivity contribution in [2.24, 2.45) is 7.05 Å². The summed E-state index contributed by atoms with van der Waals surface area (Å²) < 4.78 is 1.30. The van der Waals surface area contributed by atoms with Gasteiger partial charge in [0.2, 0.25) is 5.95 Å². The van der Waals surface area contributed by atoms with Crippen molar-refractivity contribution >= 4 is 17.5 Å². The van der Waals surface area contributed by atoms with Crippen molar-refractivity contribution < 1.29 is 9.72 Å². The molecule has 0 unspecified atom stereocenters. The zero-order valence-corrected chi connectivity index (χ0v) is 10.2. The van der Waals surface area contributed by atoms with Crippen LogP contribution in [-0.4, -0.2) is 31.0 Å². The Morgan fingerprint density at radius 2 is 2.21 bits per heavy atom. The molecule has 9 nitrogen and oxygen atoms in total. The average molecular weight is 262 g/mol. The molecule has 0 fully saturated rings. The molecule has 0 bridgehead atoms. The molecule has 1 heterocycles. The van der Waals surface area contributed by atoms with Gasteiger partial charge < -0.3 is 0 Å². The monoisotopic (exact) mass is 262 g/mol. The van der Waals surface area contributed by atoms with Gasteiger partial charge >= 0.3 is 0 Å². The van der Waals surface area contributed by atoms with E-state index in [1.54, 1.807) is 14.0 Å². The summed E-state index contributed by atoms with van der Waals surface area (Å²) in [6.45, 7) is 1.57. The summed E-state index contributed by atoms with van der Waals surface area (Å²) in [5, 5.41) is 23.7. The Bertz CT molecular complexity index is 650. The lowest BCUT2D eigenvalue weighted by Gasteiger charge is -2.04. The van der Waals surface area contributed by atoms with E-state index in [0.29, 0.717) is 11.1 Å². The van der Waals surface area contributed by atoms with Crippen molar-refractivity contribution in [3.8, 4) is 0 Å². The summed E-state index contributed by atoms with van der Waals surface area (Å²) in [6, 6.07) is 4.11. The van der Waals surface area contributed by atoms with Crippen LogP contribution in [0.1, 0.15) is 15.9 Å². The number of anilines is 1. The quantitative estimate of drug-likeness (QED) is 0.642. The highest BCUT2D eigenvalue weighted by molar-refractivity contribution is 6.03. The van der Waals surface area contributed by atoms with E-state index in [0.717, 1.165) is 0 Å². The Morgan fingerprint density at radius 3 is 2.74 bits per heavy atom. The smallest absolute Gasteiger partial charge is 0.272 e. The Labute approximate surface area is 107 Å². The second-order valence-corrected chi connectivity index (χ2v) is 3.84. The third kappa shape index (κ3) is 2.54. The molecular formula is C10H10N6O3. The van der Waals surface area contributed by atoms with Crippen LogP contribution in [0.15, 0.2) is 18.2 Å². The maximum atomic E-state index is 11.9. The van der Waals surface area contributed by atoms with Gasteiger partial charge in [0.15, 0.2) is 0 Å². The lowest BCUT2D eigenvalue weighted by Crippen LogP contribution is -2.15. The summed E-state index contributed by atoms with van der Waals surface area (Å²) in [7, 11) is 1.58. The van der Waals surface area contributed by atoms with Crippen LogP contribution in [0.4, 0.5) is 11.6 Å². The molecule has 9 heteroatoms. The van der Waals surface area contributed by atoms with Crippen molar-refractivity contribution in [1.82, 2.24) is 20.2 Å². The Kier molecular flexibility index (Phi) is 3.19. The molecule has 0 radical (unpaired) electrons. The van der Waals surface area contributed by atoms with Gasteiger partial charge in [-0.05, 0) is 29.5 Å². The summed E-state index contributed by atoms with van der Waals surface area (Å²) in [4.78, 5) is 22.1. The number of hydrogen-bond donors (Lipinski definition) is 1. The number of nitro groups is 1. The van der Waals surface area contributed by atoms with Gasteiger partial charge in [-0.25, -0.2) is 4.68 Å². The van der Waals surface area contributed by atoms with Crippen LogP contribution in [0.2, 0.25) is 0 Å². The number of nitrogens with zero attached hydrogens (tertiary/aromatic N) is 5. The fourth-order valence-corrected chi connectivity index (χ4v) is 1.51. The van der Waals surface area contributed by atoms with Gasteiger partial charge in [-0.3, -0.25) is 20.2 Å². The Hall–Kier alpha value is -2.84. The van der Waals surface area contributed by atoms with Crippen LogP contribution < -0.4 is 5.32 Å². The standard InChI is InChI=1S/C10H10N6O3/c1-6-5-7(3-4-8(6)16(18)19)9(17)11-10-12-13-14-15(10)2/h3-5H,1-2H3,(H,11,12,14,17). The maximum absolute atomic E-state index is 11.9. The van der Waals surface area contributed by atoms with Gasteiger partial charge in [-0.2, -0.15) is 0 Å². The molecule has 0 aliphatic heterocycles. The number of carbonyl (C=O) groups is 1. The molecule has 2 aromatic rings. The molecule has 1 aromatic carbocycles. The Balaban J connectivity index is 2.23. The number of aryl methyl sites for hydroxylation is 2. The number of nitro benzene ring substituents is 1. The number of benzene rings is 1. The predicted octanol–water partition coefficient (Wildman–Crippen LogP) is 0.679. The molecule has 2 rings (SSSR count). The van der Waals surface area contributed by atoms with E-state index in [4.69, 9.17) is 0 Å². The molecule has 1 aromatic heterocycles. The first-order valence-electron chi connectivity index (χ1n) is 5.28. The Morgan fingerprint density at radius 1 is 1.47 bits per heavy atom. The normalized spacial score (nSPS) is 10.2. The lowest BCUT2D eigenvalue weighted by atomic mass is 10.1. The summed E-state index contributed by atoms with van der Waals surface area (Å²) in [5.74, 6) is -0.239.